The second-order valence-electron chi connectivity index (χ2n) is 6.03. The van der Waals surface area contributed by atoms with Gasteiger partial charge in [-0.2, -0.15) is 9.36 Å². The van der Waals surface area contributed by atoms with Gasteiger partial charge in [0.05, 0.1) is 5.25 Å². The van der Waals surface area contributed by atoms with Crippen molar-refractivity contribution in [2.45, 2.75) is 29.1 Å². The lowest BCUT2D eigenvalue weighted by molar-refractivity contribution is -0.115. The zero-order valence-electron chi connectivity index (χ0n) is 16.4. The highest BCUT2D eigenvalue weighted by Crippen LogP contribution is 2.26. The van der Waals surface area contributed by atoms with E-state index >= 15 is 0 Å². The lowest BCUT2D eigenvalue weighted by Crippen LogP contribution is -2.22. The molecule has 3 N–H and O–H groups in total. The zero-order chi connectivity index (χ0) is 21.3. The monoisotopic (exact) mass is 475 g/mol. The van der Waals surface area contributed by atoms with Crippen LogP contribution in [0.4, 0.5) is 16.5 Å². The average Bonchev–Trinajstić information content (AvgIpc) is 3.17. The molecule has 0 spiro atoms. The summed E-state index contributed by atoms with van der Waals surface area (Å²) in [5.74, 6) is 0.800. The Morgan fingerprint density at radius 1 is 1.07 bits per heavy atom. The smallest absolute Gasteiger partial charge is 0.239 e. The molecule has 0 radical (unpaired) electrons. The summed E-state index contributed by atoms with van der Waals surface area (Å²) < 4.78 is 4.21. The molecule has 0 saturated carbocycles. The number of hydrogen-bond acceptors (Lipinski definition) is 7. The van der Waals surface area contributed by atoms with Crippen LogP contribution >= 0.6 is 47.3 Å². The summed E-state index contributed by atoms with van der Waals surface area (Å²) in [6.07, 6.45) is 0. The topological polar surface area (TPSA) is 78.9 Å². The largest absolute Gasteiger partial charge is 0.332 e. The summed E-state index contributed by atoms with van der Waals surface area (Å²) in [4.78, 5) is 17.7. The number of anilines is 3. The van der Waals surface area contributed by atoms with Gasteiger partial charge in [0.25, 0.3) is 0 Å². The molecule has 156 valence electrons. The molecule has 30 heavy (non-hydrogen) atoms. The van der Waals surface area contributed by atoms with Crippen LogP contribution in [0.15, 0.2) is 64.6 Å². The third-order valence-corrected chi connectivity index (χ3v) is 6.53. The van der Waals surface area contributed by atoms with Crippen LogP contribution in [0.3, 0.4) is 0 Å². The summed E-state index contributed by atoms with van der Waals surface area (Å²) in [7, 11) is 0. The van der Waals surface area contributed by atoms with E-state index in [9.17, 15) is 4.79 Å². The first-order chi connectivity index (χ1) is 14.5. The number of nitrogens with zero attached hydrogens (tertiary/aromatic N) is 2. The molecule has 1 aromatic heterocycles. The van der Waals surface area contributed by atoms with Gasteiger partial charge in [-0.05, 0) is 61.3 Å². The fraction of sp³-hybridized carbons (Fsp3) is 0.200. The Labute approximate surface area is 193 Å². The third kappa shape index (κ3) is 6.98. The van der Waals surface area contributed by atoms with Crippen LogP contribution in [-0.4, -0.2) is 31.4 Å². The molecule has 0 saturated heterocycles. The van der Waals surface area contributed by atoms with E-state index in [-0.39, 0.29) is 11.2 Å². The number of benzene rings is 2. The minimum atomic E-state index is -0.268. The third-order valence-electron chi connectivity index (χ3n) is 3.74. The molecular weight excluding hydrogens is 455 g/mol. The van der Waals surface area contributed by atoms with E-state index in [0.717, 1.165) is 22.0 Å². The molecule has 1 amide bonds. The first kappa shape index (κ1) is 22.5. The molecule has 10 heteroatoms. The Morgan fingerprint density at radius 3 is 2.40 bits per heavy atom. The van der Waals surface area contributed by atoms with Crippen LogP contribution in [0, 0.1) is 0 Å². The minimum Gasteiger partial charge on any atom is -0.332 e. The van der Waals surface area contributed by atoms with Gasteiger partial charge >= 0.3 is 0 Å². The van der Waals surface area contributed by atoms with Crippen molar-refractivity contribution in [3.8, 4) is 0 Å². The molecule has 3 aromatic rings. The van der Waals surface area contributed by atoms with E-state index in [1.54, 1.807) is 11.8 Å². The molecular formula is C20H21N5OS4. The standard InChI is InChI=1S/C20H21N5OS4/c1-3-28-20-24-19(30-25-20)23-17(26)13(2)29-16-11-9-15(10-12-16)22-18(27)21-14-7-5-4-6-8-14/h4-13H,3H2,1-2H3,(H2,21,22,27)(H,23,24,25,26). The first-order valence-corrected chi connectivity index (χ1v) is 12.3. The first-order valence-electron chi connectivity index (χ1n) is 9.20. The molecule has 0 aliphatic heterocycles. The number of thioether (sulfide) groups is 2. The Hall–Kier alpha value is -2.14. The Morgan fingerprint density at radius 2 is 1.73 bits per heavy atom. The summed E-state index contributed by atoms with van der Waals surface area (Å²) in [5.41, 5.74) is 1.80. The molecule has 2 aromatic carbocycles. The number of hydrogen-bond donors (Lipinski definition) is 3. The molecule has 0 fully saturated rings. The van der Waals surface area contributed by atoms with Gasteiger partial charge in [-0.1, -0.05) is 36.9 Å². The second kappa shape index (κ2) is 11.3. The van der Waals surface area contributed by atoms with Crippen LogP contribution in [0.25, 0.3) is 0 Å². The predicted octanol–water partition coefficient (Wildman–Crippen LogP) is 5.58. The fourth-order valence-corrected chi connectivity index (χ4v) is 4.72. The minimum absolute atomic E-state index is 0.0976. The van der Waals surface area contributed by atoms with Crippen molar-refractivity contribution >= 4 is 74.8 Å². The lowest BCUT2D eigenvalue weighted by atomic mass is 10.3. The van der Waals surface area contributed by atoms with Gasteiger partial charge in [0.1, 0.15) is 0 Å². The SMILES string of the molecule is CCSc1nsc(NC(=O)C(C)Sc2ccc(NC(=S)Nc3ccccc3)cc2)n1. The van der Waals surface area contributed by atoms with Crippen molar-refractivity contribution in [1.82, 2.24) is 9.36 Å². The van der Waals surface area contributed by atoms with Crippen molar-refractivity contribution in [1.29, 1.82) is 0 Å². The van der Waals surface area contributed by atoms with Gasteiger partial charge in [-0.3, -0.25) is 10.1 Å². The highest BCUT2D eigenvalue weighted by Gasteiger charge is 2.16. The number of nitrogens with one attached hydrogen (secondary N) is 3. The van der Waals surface area contributed by atoms with Crippen LogP contribution < -0.4 is 16.0 Å². The number of amides is 1. The van der Waals surface area contributed by atoms with Crippen molar-refractivity contribution < 1.29 is 4.79 Å². The summed E-state index contributed by atoms with van der Waals surface area (Å²) in [5, 5.41) is 10.6. The normalized spacial score (nSPS) is 11.5. The number of carbonyl (C=O) groups excluding carboxylic acids is 1. The van der Waals surface area contributed by atoms with Crippen molar-refractivity contribution in [3.63, 3.8) is 0 Å². The van der Waals surface area contributed by atoms with Gasteiger partial charge in [-0.25, -0.2) is 0 Å². The van der Waals surface area contributed by atoms with Crippen LogP contribution in [0.5, 0.6) is 0 Å². The maximum atomic E-state index is 12.4. The van der Waals surface area contributed by atoms with Gasteiger partial charge in [0.15, 0.2) is 5.11 Å². The maximum Gasteiger partial charge on any atom is 0.239 e. The quantitative estimate of drug-likeness (QED) is 0.288. The summed E-state index contributed by atoms with van der Waals surface area (Å²) >= 11 is 9.58. The number of para-hydroxylation sites is 1. The van der Waals surface area contributed by atoms with E-state index in [1.807, 2.05) is 68.4 Å². The van der Waals surface area contributed by atoms with E-state index in [0.29, 0.717) is 15.4 Å². The fourth-order valence-electron chi connectivity index (χ4n) is 2.34. The Bertz CT molecular complexity index is 978. The second-order valence-corrected chi connectivity index (χ2v) is 9.84. The molecule has 1 heterocycles. The number of carbonyl (C=O) groups is 1. The van der Waals surface area contributed by atoms with Crippen LogP contribution in [-0.2, 0) is 4.79 Å². The maximum absolute atomic E-state index is 12.4. The highest BCUT2D eigenvalue weighted by atomic mass is 32.2. The van der Waals surface area contributed by atoms with Crippen LogP contribution in [0.1, 0.15) is 13.8 Å². The van der Waals surface area contributed by atoms with Crippen LogP contribution in [0.2, 0.25) is 0 Å². The van der Waals surface area contributed by atoms with E-state index < -0.39 is 0 Å². The Kier molecular flexibility index (Phi) is 8.50. The molecule has 0 bridgehead atoms. The average molecular weight is 476 g/mol. The molecule has 1 unspecified atom stereocenters. The summed E-state index contributed by atoms with van der Waals surface area (Å²) in [6.45, 7) is 3.91. The van der Waals surface area contributed by atoms with Gasteiger partial charge in [-0.15, -0.1) is 11.8 Å². The van der Waals surface area contributed by atoms with Crippen molar-refractivity contribution in [2.75, 3.05) is 21.7 Å². The van der Waals surface area contributed by atoms with Crippen molar-refractivity contribution in [2.24, 2.45) is 0 Å². The Balaban J connectivity index is 1.49. The number of rotatable bonds is 8. The number of aromatic nitrogens is 2. The van der Waals surface area contributed by atoms with E-state index in [1.165, 1.54) is 23.3 Å². The highest BCUT2D eigenvalue weighted by molar-refractivity contribution is 8.00. The molecule has 0 aliphatic rings. The zero-order valence-corrected chi connectivity index (χ0v) is 19.7. The van der Waals surface area contributed by atoms with E-state index in [4.69, 9.17) is 12.2 Å². The van der Waals surface area contributed by atoms with Gasteiger partial charge in [0.2, 0.25) is 16.2 Å². The lowest BCUT2D eigenvalue weighted by Gasteiger charge is -2.12. The molecule has 6 nitrogen and oxygen atoms in total. The summed E-state index contributed by atoms with van der Waals surface area (Å²) in [6, 6.07) is 17.5. The molecule has 3 rings (SSSR count). The van der Waals surface area contributed by atoms with Crippen molar-refractivity contribution in [3.05, 3.63) is 54.6 Å². The van der Waals surface area contributed by atoms with Gasteiger partial charge in [0, 0.05) is 27.8 Å². The predicted molar refractivity (Wildman–Crippen MR) is 133 cm³/mol. The van der Waals surface area contributed by atoms with E-state index in [2.05, 4.69) is 25.3 Å². The van der Waals surface area contributed by atoms with Gasteiger partial charge < -0.3 is 10.6 Å². The molecule has 0 aliphatic carbocycles. The molecule has 1 atom stereocenters. The number of thiocarbonyl (C=S) groups is 1.